The second kappa shape index (κ2) is 3.36. The third-order valence-electron chi connectivity index (χ3n) is 3.43. The van der Waals surface area contributed by atoms with Gasteiger partial charge in [-0.1, -0.05) is 19.1 Å². The first-order valence-corrected chi connectivity index (χ1v) is 5.50. The Hall–Kier alpha value is -1.77. The van der Waals surface area contributed by atoms with E-state index in [2.05, 4.69) is 0 Å². The Labute approximate surface area is 97.5 Å². The first kappa shape index (κ1) is 10.4. The minimum absolute atomic E-state index is 0.242. The van der Waals surface area contributed by atoms with E-state index in [1.807, 2.05) is 0 Å². The highest BCUT2D eigenvalue weighted by Gasteiger charge is 2.36. The van der Waals surface area contributed by atoms with E-state index in [4.69, 9.17) is 0 Å². The van der Waals surface area contributed by atoms with Gasteiger partial charge in [-0.05, 0) is 29.3 Å². The second-order valence-electron chi connectivity index (χ2n) is 4.44. The maximum absolute atomic E-state index is 13.5. The van der Waals surface area contributed by atoms with E-state index in [0.717, 1.165) is 5.57 Å². The van der Waals surface area contributed by atoms with Crippen LogP contribution in [0.5, 0.6) is 0 Å². The fraction of sp³-hybridized carbons (Fsp3) is 0.214. The van der Waals surface area contributed by atoms with E-state index in [1.165, 1.54) is 18.2 Å². The molecule has 0 fully saturated rings. The van der Waals surface area contributed by atoms with Crippen molar-refractivity contribution in [3.05, 3.63) is 52.9 Å². The van der Waals surface area contributed by atoms with Gasteiger partial charge in [0.15, 0.2) is 5.78 Å². The molecule has 2 aliphatic carbocycles. The molecule has 0 radical (unpaired) electrons. The topological polar surface area (TPSA) is 17.1 Å². The van der Waals surface area contributed by atoms with Crippen LogP contribution in [0.15, 0.2) is 35.9 Å². The maximum atomic E-state index is 13.5. The number of benzene rings is 1. The van der Waals surface area contributed by atoms with Crippen LogP contribution in [-0.4, -0.2) is 12.0 Å². The number of ketones is 1. The van der Waals surface area contributed by atoms with Crippen LogP contribution in [0.3, 0.4) is 0 Å². The third kappa shape index (κ3) is 1.32. The van der Waals surface area contributed by atoms with E-state index >= 15 is 0 Å². The summed E-state index contributed by atoms with van der Waals surface area (Å²) in [6.07, 6.45) is 1.94. The number of carbonyl (C=O) groups is 1. The normalized spacial score (nSPS) is 26.2. The monoisotopic (exact) mass is 232 g/mol. The number of rotatable bonds is 0. The van der Waals surface area contributed by atoms with Crippen molar-refractivity contribution in [3.63, 3.8) is 0 Å². The summed E-state index contributed by atoms with van der Waals surface area (Å²) in [5, 5.41) is 0. The molecule has 0 spiro atoms. The van der Waals surface area contributed by atoms with Crippen molar-refractivity contribution >= 4 is 11.4 Å². The van der Waals surface area contributed by atoms with Gasteiger partial charge in [0, 0.05) is 17.1 Å². The number of carbonyl (C=O) groups excluding carboxylic acids is 1. The molecule has 0 N–H and O–H groups in total. The largest absolute Gasteiger partial charge is 0.289 e. The van der Waals surface area contributed by atoms with Crippen molar-refractivity contribution in [2.24, 2.45) is 5.92 Å². The highest BCUT2D eigenvalue weighted by atomic mass is 19.1. The Morgan fingerprint density at radius 3 is 2.76 bits per heavy atom. The Morgan fingerprint density at radius 2 is 2.00 bits per heavy atom. The SMILES string of the molecule is CC1C2=C(C=CC1F)c1ccc(F)cc1C2=O. The summed E-state index contributed by atoms with van der Waals surface area (Å²) >= 11 is 0. The van der Waals surface area contributed by atoms with Crippen molar-refractivity contribution in [1.29, 1.82) is 0 Å². The standard InChI is InChI=1S/C14H10F2O/c1-7-12(16)5-4-10-9-3-2-8(15)6-11(9)14(17)13(7)10/h2-7,12H,1H3. The molecule has 2 aliphatic rings. The number of fused-ring (bicyclic) bond motifs is 2. The van der Waals surface area contributed by atoms with Gasteiger partial charge < -0.3 is 0 Å². The Bertz CT molecular complexity index is 584. The highest BCUT2D eigenvalue weighted by Crippen LogP contribution is 2.41. The summed E-state index contributed by atoms with van der Waals surface area (Å²) < 4.78 is 26.7. The van der Waals surface area contributed by atoms with Gasteiger partial charge in [-0.15, -0.1) is 0 Å². The summed E-state index contributed by atoms with van der Waals surface area (Å²) in [7, 11) is 0. The number of hydrogen-bond acceptors (Lipinski definition) is 1. The van der Waals surface area contributed by atoms with E-state index < -0.39 is 17.9 Å². The zero-order valence-corrected chi connectivity index (χ0v) is 9.21. The number of hydrogen-bond donors (Lipinski definition) is 0. The van der Waals surface area contributed by atoms with Crippen LogP contribution in [0.2, 0.25) is 0 Å². The van der Waals surface area contributed by atoms with Crippen molar-refractivity contribution < 1.29 is 13.6 Å². The van der Waals surface area contributed by atoms with Crippen molar-refractivity contribution in [1.82, 2.24) is 0 Å². The Kier molecular flexibility index (Phi) is 2.05. The average Bonchev–Trinajstić information content (AvgIpc) is 2.58. The zero-order chi connectivity index (χ0) is 12.2. The third-order valence-corrected chi connectivity index (χ3v) is 3.43. The zero-order valence-electron chi connectivity index (χ0n) is 9.21. The molecule has 0 aromatic heterocycles. The van der Waals surface area contributed by atoms with Crippen LogP contribution >= 0.6 is 0 Å². The molecular formula is C14H10F2O. The summed E-state index contributed by atoms with van der Waals surface area (Å²) in [5.41, 5.74) is 2.27. The van der Waals surface area contributed by atoms with Crippen LogP contribution in [-0.2, 0) is 0 Å². The Balaban J connectivity index is 2.22. The number of Topliss-reactive ketones (excluding diaryl/α,β-unsaturated/α-hetero) is 1. The summed E-state index contributed by atoms with van der Waals surface area (Å²) in [4.78, 5) is 12.1. The molecule has 1 aromatic carbocycles. The number of alkyl halides is 1. The van der Waals surface area contributed by atoms with E-state index in [9.17, 15) is 13.6 Å². The molecule has 2 unspecified atom stereocenters. The molecule has 1 aromatic rings. The summed E-state index contributed by atoms with van der Waals surface area (Å²) in [6.45, 7) is 1.68. The number of allylic oxidation sites excluding steroid dienone is 4. The van der Waals surface area contributed by atoms with Gasteiger partial charge in [0.2, 0.25) is 0 Å². The first-order chi connectivity index (χ1) is 8.09. The fourth-order valence-electron chi connectivity index (χ4n) is 2.50. The van der Waals surface area contributed by atoms with Crippen molar-refractivity contribution in [2.45, 2.75) is 13.1 Å². The van der Waals surface area contributed by atoms with Crippen LogP contribution in [0.4, 0.5) is 8.78 Å². The lowest BCUT2D eigenvalue weighted by Gasteiger charge is -2.19. The van der Waals surface area contributed by atoms with Crippen LogP contribution < -0.4 is 0 Å². The molecule has 86 valence electrons. The maximum Gasteiger partial charge on any atom is 0.190 e. The molecule has 0 saturated carbocycles. The molecule has 0 aliphatic heterocycles. The van der Waals surface area contributed by atoms with Gasteiger partial charge in [0.25, 0.3) is 0 Å². The Morgan fingerprint density at radius 1 is 1.24 bits per heavy atom. The van der Waals surface area contributed by atoms with Gasteiger partial charge in [0.05, 0.1) is 0 Å². The highest BCUT2D eigenvalue weighted by molar-refractivity contribution is 6.22. The van der Waals surface area contributed by atoms with Gasteiger partial charge in [-0.25, -0.2) is 8.78 Å². The van der Waals surface area contributed by atoms with E-state index in [1.54, 1.807) is 19.1 Å². The lowest BCUT2D eigenvalue weighted by atomic mass is 9.87. The molecule has 3 rings (SSSR count). The van der Waals surface area contributed by atoms with Crippen molar-refractivity contribution in [2.75, 3.05) is 0 Å². The van der Waals surface area contributed by atoms with Gasteiger partial charge in [0.1, 0.15) is 12.0 Å². The van der Waals surface area contributed by atoms with Crippen LogP contribution in [0.25, 0.3) is 5.57 Å². The molecular weight excluding hydrogens is 222 g/mol. The quantitative estimate of drug-likeness (QED) is 0.670. The first-order valence-electron chi connectivity index (χ1n) is 5.50. The van der Waals surface area contributed by atoms with Gasteiger partial charge in [-0.3, -0.25) is 4.79 Å². The molecule has 3 heteroatoms. The molecule has 0 heterocycles. The summed E-state index contributed by atoms with van der Waals surface area (Å²) in [6, 6.07) is 4.13. The molecule has 1 nitrogen and oxygen atoms in total. The summed E-state index contributed by atoms with van der Waals surface area (Å²) in [5.74, 6) is -1.14. The van der Waals surface area contributed by atoms with E-state index in [0.29, 0.717) is 16.7 Å². The van der Waals surface area contributed by atoms with Gasteiger partial charge in [-0.2, -0.15) is 0 Å². The minimum Gasteiger partial charge on any atom is -0.289 e. The fourth-order valence-corrected chi connectivity index (χ4v) is 2.50. The molecule has 0 amide bonds. The van der Waals surface area contributed by atoms with Crippen LogP contribution in [0.1, 0.15) is 22.8 Å². The average molecular weight is 232 g/mol. The van der Waals surface area contributed by atoms with Crippen molar-refractivity contribution in [3.8, 4) is 0 Å². The predicted octanol–water partition coefficient (Wildman–Crippen LogP) is 3.32. The second-order valence-corrected chi connectivity index (χ2v) is 4.44. The lowest BCUT2D eigenvalue weighted by molar-refractivity contribution is 0.102. The van der Waals surface area contributed by atoms with E-state index in [-0.39, 0.29) is 5.78 Å². The smallest absolute Gasteiger partial charge is 0.190 e. The number of halogens is 2. The van der Waals surface area contributed by atoms with Crippen LogP contribution in [0, 0.1) is 11.7 Å². The lowest BCUT2D eigenvalue weighted by Crippen LogP contribution is -2.19. The predicted molar refractivity (Wildman–Crippen MR) is 60.9 cm³/mol. The molecule has 2 atom stereocenters. The molecule has 17 heavy (non-hydrogen) atoms. The minimum atomic E-state index is -1.14. The molecule has 0 saturated heterocycles. The van der Waals surface area contributed by atoms with Gasteiger partial charge >= 0.3 is 0 Å². The molecule has 0 bridgehead atoms.